The maximum Gasteiger partial charge on any atom is 0.229 e. The standard InChI is InChI=1S/C19H25N3OS/c1-13(2)12-17(23)22(16-6-4-5-7-16)19-21-20-18(24-19)15-10-8-14(3)9-11-15/h8-11,13,16H,4-7,12H2,1-3H3. The lowest BCUT2D eigenvalue weighted by Crippen LogP contribution is -2.39. The Kier molecular flexibility index (Phi) is 5.29. The lowest BCUT2D eigenvalue weighted by molar-refractivity contribution is -0.119. The van der Waals surface area contributed by atoms with Crippen LogP contribution in [0.5, 0.6) is 0 Å². The van der Waals surface area contributed by atoms with Crippen molar-refractivity contribution in [2.24, 2.45) is 5.92 Å². The SMILES string of the molecule is Cc1ccc(-c2nnc(N(C(=O)CC(C)C)C3CCCC3)s2)cc1. The second-order valence-electron chi connectivity index (χ2n) is 7.06. The van der Waals surface area contributed by atoms with Crippen LogP contribution in [0.4, 0.5) is 5.13 Å². The predicted molar refractivity (Wildman–Crippen MR) is 99.3 cm³/mol. The van der Waals surface area contributed by atoms with E-state index in [-0.39, 0.29) is 11.9 Å². The fourth-order valence-electron chi connectivity index (χ4n) is 3.20. The van der Waals surface area contributed by atoms with E-state index in [0.717, 1.165) is 28.5 Å². The van der Waals surface area contributed by atoms with Crippen LogP contribution in [0.2, 0.25) is 0 Å². The van der Waals surface area contributed by atoms with Gasteiger partial charge < -0.3 is 0 Å². The summed E-state index contributed by atoms with van der Waals surface area (Å²) < 4.78 is 0. The summed E-state index contributed by atoms with van der Waals surface area (Å²) in [5.41, 5.74) is 2.29. The highest BCUT2D eigenvalue weighted by molar-refractivity contribution is 7.18. The van der Waals surface area contributed by atoms with E-state index in [9.17, 15) is 4.79 Å². The van der Waals surface area contributed by atoms with Crippen molar-refractivity contribution in [1.29, 1.82) is 0 Å². The van der Waals surface area contributed by atoms with E-state index in [2.05, 4.69) is 55.2 Å². The Balaban J connectivity index is 1.87. The molecule has 0 radical (unpaired) electrons. The van der Waals surface area contributed by atoms with Crippen LogP contribution in [0, 0.1) is 12.8 Å². The van der Waals surface area contributed by atoms with Gasteiger partial charge in [-0.1, -0.05) is 67.9 Å². The smallest absolute Gasteiger partial charge is 0.229 e. The van der Waals surface area contributed by atoms with Gasteiger partial charge in [0.25, 0.3) is 0 Å². The molecule has 0 aliphatic heterocycles. The fourth-order valence-corrected chi connectivity index (χ4v) is 4.14. The molecule has 0 bridgehead atoms. The largest absolute Gasteiger partial charge is 0.284 e. The maximum absolute atomic E-state index is 12.8. The quantitative estimate of drug-likeness (QED) is 0.781. The molecule has 1 saturated carbocycles. The Morgan fingerprint density at radius 1 is 1.21 bits per heavy atom. The van der Waals surface area contributed by atoms with Gasteiger partial charge in [0, 0.05) is 18.0 Å². The van der Waals surface area contributed by atoms with Crippen molar-refractivity contribution in [2.45, 2.75) is 58.9 Å². The highest BCUT2D eigenvalue weighted by Crippen LogP contribution is 2.34. The molecule has 0 unspecified atom stereocenters. The summed E-state index contributed by atoms with van der Waals surface area (Å²) in [5, 5.41) is 10.3. The average molecular weight is 343 g/mol. The first kappa shape index (κ1) is 17.1. The molecule has 1 aromatic carbocycles. The number of anilines is 1. The van der Waals surface area contributed by atoms with Crippen LogP contribution < -0.4 is 4.90 Å². The van der Waals surface area contributed by atoms with E-state index in [1.165, 1.54) is 29.7 Å². The monoisotopic (exact) mass is 343 g/mol. The van der Waals surface area contributed by atoms with Gasteiger partial charge in [-0.3, -0.25) is 9.69 Å². The lowest BCUT2D eigenvalue weighted by atomic mass is 10.1. The molecule has 1 aliphatic carbocycles. The molecule has 0 spiro atoms. The number of hydrogen-bond acceptors (Lipinski definition) is 4. The Hall–Kier alpha value is -1.75. The molecule has 128 valence electrons. The predicted octanol–water partition coefficient (Wildman–Crippen LogP) is 4.84. The molecule has 1 amide bonds. The van der Waals surface area contributed by atoms with Crippen LogP contribution in [0.1, 0.15) is 51.5 Å². The number of nitrogens with zero attached hydrogens (tertiary/aromatic N) is 3. The second kappa shape index (κ2) is 7.43. The van der Waals surface area contributed by atoms with E-state index in [1.807, 2.05) is 4.90 Å². The summed E-state index contributed by atoms with van der Waals surface area (Å²) in [6.45, 7) is 6.24. The van der Waals surface area contributed by atoms with Crippen LogP contribution in [0.15, 0.2) is 24.3 Å². The third-order valence-electron chi connectivity index (χ3n) is 4.46. The summed E-state index contributed by atoms with van der Waals surface area (Å²) >= 11 is 1.53. The minimum atomic E-state index is 0.184. The summed E-state index contributed by atoms with van der Waals surface area (Å²) in [5.74, 6) is 0.536. The zero-order valence-electron chi connectivity index (χ0n) is 14.7. The number of hydrogen-bond donors (Lipinski definition) is 0. The van der Waals surface area contributed by atoms with Gasteiger partial charge in [-0.25, -0.2) is 0 Å². The molecule has 1 heterocycles. The molecule has 0 saturated heterocycles. The minimum Gasteiger partial charge on any atom is -0.284 e. The number of aryl methyl sites for hydroxylation is 1. The molecule has 24 heavy (non-hydrogen) atoms. The zero-order valence-corrected chi connectivity index (χ0v) is 15.5. The Labute approximate surface area is 147 Å². The topological polar surface area (TPSA) is 46.1 Å². The highest BCUT2D eigenvalue weighted by atomic mass is 32.1. The van der Waals surface area contributed by atoms with Crippen LogP contribution in [-0.4, -0.2) is 22.1 Å². The molecular weight excluding hydrogens is 318 g/mol. The van der Waals surface area contributed by atoms with Gasteiger partial charge in [-0.2, -0.15) is 0 Å². The van der Waals surface area contributed by atoms with Crippen LogP contribution in [-0.2, 0) is 4.79 Å². The maximum atomic E-state index is 12.8. The van der Waals surface area contributed by atoms with Crippen molar-refractivity contribution < 1.29 is 4.79 Å². The van der Waals surface area contributed by atoms with Crippen molar-refractivity contribution in [3.05, 3.63) is 29.8 Å². The molecule has 1 aromatic heterocycles. The van der Waals surface area contributed by atoms with Crippen LogP contribution in [0.3, 0.4) is 0 Å². The van der Waals surface area contributed by atoms with E-state index >= 15 is 0 Å². The zero-order chi connectivity index (χ0) is 17.1. The number of benzene rings is 1. The summed E-state index contributed by atoms with van der Waals surface area (Å²) in [6.07, 6.45) is 5.10. The minimum absolute atomic E-state index is 0.184. The molecule has 3 rings (SSSR count). The van der Waals surface area contributed by atoms with Gasteiger partial charge in [0.15, 0.2) is 0 Å². The van der Waals surface area contributed by atoms with E-state index < -0.39 is 0 Å². The van der Waals surface area contributed by atoms with Crippen molar-refractivity contribution >= 4 is 22.4 Å². The number of carbonyl (C=O) groups is 1. The van der Waals surface area contributed by atoms with E-state index in [1.54, 1.807) is 0 Å². The van der Waals surface area contributed by atoms with E-state index in [4.69, 9.17) is 0 Å². The molecule has 1 fully saturated rings. The molecular formula is C19H25N3OS. The number of amides is 1. The molecule has 0 N–H and O–H groups in total. The Morgan fingerprint density at radius 3 is 2.50 bits per heavy atom. The fraction of sp³-hybridized carbons (Fsp3) is 0.526. The van der Waals surface area contributed by atoms with Gasteiger partial charge in [-0.15, -0.1) is 10.2 Å². The average Bonchev–Trinajstić information content (AvgIpc) is 3.20. The lowest BCUT2D eigenvalue weighted by Gasteiger charge is -2.26. The Bertz CT molecular complexity index is 687. The second-order valence-corrected chi connectivity index (χ2v) is 8.01. The van der Waals surface area contributed by atoms with Crippen molar-refractivity contribution in [1.82, 2.24) is 10.2 Å². The normalized spacial score (nSPS) is 15.2. The Morgan fingerprint density at radius 2 is 1.88 bits per heavy atom. The van der Waals surface area contributed by atoms with Crippen molar-refractivity contribution in [3.8, 4) is 10.6 Å². The summed E-state index contributed by atoms with van der Waals surface area (Å²) in [4.78, 5) is 14.7. The van der Waals surface area contributed by atoms with Crippen LogP contribution in [0.25, 0.3) is 10.6 Å². The third kappa shape index (κ3) is 3.83. The number of rotatable bonds is 5. The van der Waals surface area contributed by atoms with E-state index in [0.29, 0.717) is 12.3 Å². The van der Waals surface area contributed by atoms with Crippen molar-refractivity contribution in [3.63, 3.8) is 0 Å². The molecule has 5 heteroatoms. The van der Waals surface area contributed by atoms with Gasteiger partial charge in [0.1, 0.15) is 5.01 Å². The van der Waals surface area contributed by atoms with Gasteiger partial charge in [0.2, 0.25) is 11.0 Å². The van der Waals surface area contributed by atoms with Crippen LogP contribution >= 0.6 is 11.3 Å². The first-order valence-corrected chi connectivity index (χ1v) is 9.59. The third-order valence-corrected chi connectivity index (χ3v) is 5.43. The van der Waals surface area contributed by atoms with Gasteiger partial charge in [0.05, 0.1) is 0 Å². The van der Waals surface area contributed by atoms with Gasteiger partial charge >= 0.3 is 0 Å². The first-order valence-electron chi connectivity index (χ1n) is 8.77. The summed E-state index contributed by atoms with van der Waals surface area (Å²) in [7, 11) is 0. The number of aromatic nitrogens is 2. The van der Waals surface area contributed by atoms with Crippen molar-refractivity contribution in [2.75, 3.05) is 4.90 Å². The molecule has 4 nitrogen and oxygen atoms in total. The first-order chi connectivity index (χ1) is 11.5. The highest BCUT2D eigenvalue weighted by Gasteiger charge is 2.30. The molecule has 0 atom stereocenters. The molecule has 1 aliphatic rings. The molecule has 2 aromatic rings. The summed E-state index contributed by atoms with van der Waals surface area (Å²) in [6, 6.07) is 8.57. The van der Waals surface area contributed by atoms with Gasteiger partial charge in [-0.05, 0) is 25.7 Å². The number of carbonyl (C=O) groups excluding carboxylic acids is 1.